The largest absolute Gasteiger partial charge is 0.330 e. The molecule has 0 radical (unpaired) electrons. The molecule has 0 amide bonds. The minimum Gasteiger partial charge on any atom is -0.330 e. The Morgan fingerprint density at radius 1 is 1.22 bits per heavy atom. The molecule has 0 aliphatic heterocycles. The lowest BCUT2D eigenvalue weighted by Gasteiger charge is -2.21. The van der Waals surface area contributed by atoms with Crippen LogP contribution in [0, 0.1) is 5.92 Å². The van der Waals surface area contributed by atoms with Gasteiger partial charge in [-0.15, -0.1) is 0 Å². The average molecular weight is 131 g/mol. The monoisotopic (exact) mass is 131 g/mol. The minimum absolute atomic E-state index is 0.0370. The van der Waals surface area contributed by atoms with Gasteiger partial charge in [0.15, 0.2) is 0 Å². The van der Waals surface area contributed by atoms with Crippen molar-refractivity contribution in [3.63, 3.8) is 0 Å². The van der Waals surface area contributed by atoms with Gasteiger partial charge in [-0.05, 0) is 19.4 Å². The van der Waals surface area contributed by atoms with E-state index in [1.165, 1.54) is 0 Å². The summed E-state index contributed by atoms with van der Waals surface area (Å²) in [6.45, 7) is 4.52. The zero-order valence-electron chi connectivity index (χ0n) is 6.17. The fourth-order valence-electron chi connectivity index (χ4n) is 0.675. The Hall–Kier alpha value is -0.120. The predicted molar refractivity (Wildman–Crippen MR) is 39.8 cm³/mol. The van der Waals surface area contributed by atoms with Crippen LogP contribution in [0.25, 0.3) is 0 Å². The summed E-state index contributed by atoms with van der Waals surface area (Å²) in [7, 11) is 0. The van der Waals surface area contributed by atoms with Crippen LogP contribution in [0.15, 0.2) is 0 Å². The van der Waals surface area contributed by atoms with Crippen molar-refractivity contribution in [2.24, 2.45) is 23.1 Å². The van der Waals surface area contributed by atoms with Gasteiger partial charge in [0.2, 0.25) is 0 Å². The molecular weight excluding hydrogens is 114 g/mol. The highest BCUT2D eigenvalue weighted by atomic mass is 14.8. The molecule has 6 N–H and O–H groups in total. The van der Waals surface area contributed by atoms with Crippen LogP contribution in [0.2, 0.25) is 0 Å². The average Bonchev–Trinajstić information content (AvgIpc) is 1.84. The second kappa shape index (κ2) is 3.82. The van der Waals surface area contributed by atoms with E-state index in [9.17, 15) is 0 Å². The van der Waals surface area contributed by atoms with E-state index in [0.29, 0.717) is 12.5 Å². The second-order valence-corrected chi connectivity index (χ2v) is 2.65. The third-order valence-corrected chi connectivity index (χ3v) is 1.64. The summed E-state index contributed by atoms with van der Waals surface area (Å²) >= 11 is 0. The van der Waals surface area contributed by atoms with Gasteiger partial charge in [-0.3, -0.25) is 0 Å². The fraction of sp³-hybridized carbons (Fsp3) is 1.00. The quantitative estimate of drug-likeness (QED) is 0.472. The molecule has 56 valence electrons. The van der Waals surface area contributed by atoms with Crippen LogP contribution in [0.3, 0.4) is 0 Å². The fourth-order valence-corrected chi connectivity index (χ4v) is 0.675. The van der Waals surface area contributed by atoms with Crippen LogP contribution in [-0.4, -0.2) is 18.6 Å². The van der Waals surface area contributed by atoms with Crippen molar-refractivity contribution >= 4 is 0 Å². The highest BCUT2D eigenvalue weighted by Gasteiger charge is 2.14. The Bertz CT molecular complexity index is 72.7. The van der Waals surface area contributed by atoms with Crippen molar-refractivity contribution in [2.45, 2.75) is 25.9 Å². The number of rotatable bonds is 3. The summed E-state index contributed by atoms with van der Waals surface area (Å²) in [6, 6.07) is 0.0820. The van der Waals surface area contributed by atoms with Crippen molar-refractivity contribution in [2.75, 3.05) is 6.54 Å². The highest BCUT2D eigenvalue weighted by molar-refractivity contribution is 4.77. The normalized spacial score (nSPS) is 21.0. The van der Waals surface area contributed by atoms with Crippen LogP contribution in [0.1, 0.15) is 13.8 Å². The van der Waals surface area contributed by atoms with Crippen LogP contribution in [0.4, 0.5) is 0 Å². The van der Waals surface area contributed by atoms with Crippen LogP contribution in [0.5, 0.6) is 0 Å². The molecule has 0 aliphatic rings. The Balaban J connectivity index is 3.58. The molecule has 9 heavy (non-hydrogen) atoms. The molecule has 3 unspecified atom stereocenters. The lowest BCUT2D eigenvalue weighted by atomic mass is 9.98. The van der Waals surface area contributed by atoms with Crippen LogP contribution in [-0.2, 0) is 0 Å². The third-order valence-electron chi connectivity index (χ3n) is 1.64. The second-order valence-electron chi connectivity index (χ2n) is 2.65. The van der Waals surface area contributed by atoms with Crippen LogP contribution >= 0.6 is 0 Å². The van der Waals surface area contributed by atoms with Gasteiger partial charge in [0.1, 0.15) is 0 Å². The van der Waals surface area contributed by atoms with E-state index in [4.69, 9.17) is 17.2 Å². The molecule has 0 spiro atoms. The first-order valence-corrected chi connectivity index (χ1v) is 3.30. The van der Waals surface area contributed by atoms with Gasteiger partial charge in [-0.1, -0.05) is 6.92 Å². The van der Waals surface area contributed by atoms with Crippen molar-refractivity contribution in [3.05, 3.63) is 0 Å². The van der Waals surface area contributed by atoms with Gasteiger partial charge < -0.3 is 17.2 Å². The first-order valence-electron chi connectivity index (χ1n) is 3.30. The van der Waals surface area contributed by atoms with E-state index >= 15 is 0 Å². The predicted octanol–water partition coefficient (Wildman–Crippen LogP) is -0.744. The first-order chi connectivity index (χ1) is 4.09. The molecule has 0 fully saturated rings. The van der Waals surface area contributed by atoms with Crippen molar-refractivity contribution in [3.8, 4) is 0 Å². The molecule has 3 atom stereocenters. The summed E-state index contributed by atoms with van der Waals surface area (Å²) in [5, 5.41) is 0. The molecular formula is C6H17N3. The summed E-state index contributed by atoms with van der Waals surface area (Å²) in [6.07, 6.45) is 0. The van der Waals surface area contributed by atoms with Crippen molar-refractivity contribution < 1.29 is 0 Å². The molecule has 0 saturated carbocycles. The van der Waals surface area contributed by atoms with E-state index in [1.807, 2.05) is 13.8 Å². The summed E-state index contributed by atoms with van der Waals surface area (Å²) in [5.74, 6) is 0.324. The summed E-state index contributed by atoms with van der Waals surface area (Å²) in [5.41, 5.74) is 16.6. The number of hydrogen-bond donors (Lipinski definition) is 3. The summed E-state index contributed by atoms with van der Waals surface area (Å²) in [4.78, 5) is 0. The Kier molecular flexibility index (Phi) is 3.77. The minimum atomic E-state index is 0.0370. The van der Waals surface area contributed by atoms with Crippen molar-refractivity contribution in [1.82, 2.24) is 0 Å². The molecule has 3 heteroatoms. The van der Waals surface area contributed by atoms with E-state index in [-0.39, 0.29) is 12.1 Å². The molecule has 0 aromatic heterocycles. The number of hydrogen-bond acceptors (Lipinski definition) is 3. The molecule has 0 aromatic carbocycles. The topological polar surface area (TPSA) is 78.1 Å². The van der Waals surface area contributed by atoms with Gasteiger partial charge in [-0.2, -0.15) is 0 Å². The van der Waals surface area contributed by atoms with E-state index < -0.39 is 0 Å². The first kappa shape index (κ1) is 8.88. The zero-order chi connectivity index (χ0) is 7.44. The zero-order valence-corrected chi connectivity index (χ0v) is 6.17. The molecule has 0 heterocycles. The third kappa shape index (κ3) is 2.79. The molecule has 3 nitrogen and oxygen atoms in total. The van der Waals surface area contributed by atoms with Gasteiger partial charge in [0.05, 0.1) is 0 Å². The Labute approximate surface area is 56.6 Å². The molecule has 0 aliphatic carbocycles. The SMILES string of the molecule is CC(N)C(N)C(C)CN. The van der Waals surface area contributed by atoms with Gasteiger partial charge in [0.25, 0.3) is 0 Å². The van der Waals surface area contributed by atoms with E-state index in [1.54, 1.807) is 0 Å². The van der Waals surface area contributed by atoms with E-state index in [2.05, 4.69) is 0 Å². The highest BCUT2D eigenvalue weighted by Crippen LogP contribution is 1.99. The molecule has 0 rings (SSSR count). The van der Waals surface area contributed by atoms with Gasteiger partial charge in [-0.25, -0.2) is 0 Å². The smallest absolute Gasteiger partial charge is 0.0227 e. The van der Waals surface area contributed by atoms with E-state index in [0.717, 1.165) is 0 Å². The Morgan fingerprint density at radius 2 is 1.67 bits per heavy atom. The maximum absolute atomic E-state index is 5.67. The van der Waals surface area contributed by atoms with Gasteiger partial charge in [0, 0.05) is 12.1 Å². The Morgan fingerprint density at radius 3 is 1.78 bits per heavy atom. The molecule has 0 bridgehead atoms. The van der Waals surface area contributed by atoms with Gasteiger partial charge >= 0.3 is 0 Å². The maximum atomic E-state index is 5.67. The summed E-state index contributed by atoms with van der Waals surface area (Å²) < 4.78 is 0. The number of nitrogens with two attached hydrogens (primary N) is 3. The molecule has 0 saturated heterocycles. The van der Waals surface area contributed by atoms with Crippen LogP contribution < -0.4 is 17.2 Å². The standard InChI is InChI=1S/C6H17N3/c1-4(3-7)6(9)5(2)8/h4-6H,3,7-9H2,1-2H3. The lowest BCUT2D eigenvalue weighted by molar-refractivity contribution is 0.412. The van der Waals surface area contributed by atoms with Crippen molar-refractivity contribution in [1.29, 1.82) is 0 Å². The maximum Gasteiger partial charge on any atom is 0.0227 e. The lowest BCUT2D eigenvalue weighted by Crippen LogP contribution is -2.45. The molecule has 0 aromatic rings.